The lowest BCUT2D eigenvalue weighted by Gasteiger charge is -2.17. The number of rotatable bonds is 5. The summed E-state index contributed by atoms with van der Waals surface area (Å²) in [5, 5.41) is 0. The molecule has 0 atom stereocenters. The van der Waals surface area contributed by atoms with Crippen LogP contribution in [0.5, 0.6) is 11.5 Å². The molecule has 0 fully saturated rings. The summed E-state index contributed by atoms with van der Waals surface area (Å²) in [6.45, 7) is 6.64. The lowest BCUT2D eigenvalue weighted by atomic mass is 10.0. The first kappa shape index (κ1) is 15.5. The van der Waals surface area contributed by atoms with Crippen LogP contribution >= 0.6 is 0 Å². The zero-order valence-electron chi connectivity index (χ0n) is 12.8. The first-order valence-electron chi connectivity index (χ1n) is 7.28. The number of hydrogen-bond acceptors (Lipinski definition) is 2. The van der Waals surface area contributed by atoms with E-state index in [1.54, 1.807) is 12.1 Å². The molecule has 0 saturated heterocycles. The first-order chi connectivity index (χ1) is 10.0. The molecule has 21 heavy (non-hydrogen) atoms. The maximum atomic E-state index is 13.9. The second kappa shape index (κ2) is 6.72. The predicted molar refractivity (Wildman–Crippen MR) is 84.5 cm³/mol. The van der Waals surface area contributed by atoms with Gasteiger partial charge in [-0.1, -0.05) is 32.0 Å². The topological polar surface area (TPSA) is 35.2 Å². The summed E-state index contributed by atoms with van der Waals surface area (Å²) in [5.74, 6) is 1.41. The monoisotopic (exact) mass is 287 g/mol. The van der Waals surface area contributed by atoms with Gasteiger partial charge in [-0.15, -0.1) is 0 Å². The Morgan fingerprint density at radius 2 is 1.90 bits per heavy atom. The van der Waals surface area contributed by atoms with Crippen molar-refractivity contribution in [2.24, 2.45) is 5.73 Å². The van der Waals surface area contributed by atoms with E-state index in [0.29, 0.717) is 30.2 Å². The van der Waals surface area contributed by atoms with Gasteiger partial charge in [0.05, 0.1) is 0 Å². The van der Waals surface area contributed by atoms with Gasteiger partial charge in [0, 0.05) is 5.56 Å². The largest absolute Gasteiger partial charge is 0.457 e. The van der Waals surface area contributed by atoms with Crippen molar-refractivity contribution < 1.29 is 9.13 Å². The van der Waals surface area contributed by atoms with Crippen molar-refractivity contribution in [3.63, 3.8) is 0 Å². The molecule has 2 N–H and O–H groups in total. The molecular formula is C18H22FNO. The summed E-state index contributed by atoms with van der Waals surface area (Å²) in [6, 6.07) is 11.0. The molecule has 112 valence electrons. The standard InChI is InChI=1S/C18H22FNO/c1-12(2)14-8-7-13(3)11-18(14)21-17-6-4-5-16(19)15(17)9-10-20/h4-8,11-12H,9-10,20H2,1-3H3. The maximum absolute atomic E-state index is 13.9. The van der Waals surface area contributed by atoms with Crippen LogP contribution in [-0.4, -0.2) is 6.54 Å². The van der Waals surface area contributed by atoms with Crippen LogP contribution in [0, 0.1) is 12.7 Å². The van der Waals surface area contributed by atoms with Crippen molar-refractivity contribution >= 4 is 0 Å². The number of hydrogen-bond donors (Lipinski definition) is 1. The fourth-order valence-corrected chi connectivity index (χ4v) is 2.35. The minimum atomic E-state index is -0.267. The number of halogens is 1. The summed E-state index contributed by atoms with van der Waals surface area (Å²) >= 11 is 0. The highest BCUT2D eigenvalue weighted by atomic mass is 19.1. The maximum Gasteiger partial charge on any atom is 0.133 e. The Morgan fingerprint density at radius 3 is 2.57 bits per heavy atom. The minimum Gasteiger partial charge on any atom is -0.457 e. The molecule has 2 rings (SSSR count). The molecule has 0 aromatic heterocycles. The third-order valence-corrected chi connectivity index (χ3v) is 3.48. The molecule has 2 aromatic carbocycles. The van der Waals surface area contributed by atoms with E-state index in [1.165, 1.54) is 6.07 Å². The Balaban J connectivity index is 2.43. The Morgan fingerprint density at radius 1 is 1.14 bits per heavy atom. The van der Waals surface area contributed by atoms with E-state index in [9.17, 15) is 4.39 Å². The second-order valence-corrected chi connectivity index (χ2v) is 5.55. The Hall–Kier alpha value is -1.87. The fraction of sp³-hybridized carbons (Fsp3) is 0.333. The number of ether oxygens (including phenoxy) is 1. The molecule has 0 amide bonds. The highest BCUT2D eigenvalue weighted by molar-refractivity contribution is 5.44. The summed E-state index contributed by atoms with van der Waals surface area (Å²) in [4.78, 5) is 0. The van der Waals surface area contributed by atoms with E-state index < -0.39 is 0 Å². The summed E-state index contributed by atoms with van der Waals surface area (Å²) in [5.41, 5.74) is 8.34. The SMILES string of the molecule is Cc1ccc(C(C)C)c(Oc2cccc(F)c2CCN)c1. The normalized spacial score (nSPS) is 11.0. The summed E-state index contributed by atoms with van der Waals surface area (Å²) in [7, 11) is 0. The third kappa shape index (κ3) is 3.61. The average Bonchev–Trinajstić information content (AvgIpc) is 2.42. The lowest BCUT2D eigenvalue weighted by Crippen LogP contribution is -2.06. The van der Waals surface area contributed by atoms with Crippen LogP contribution in [0.1, 0.15) is 36.5 Å². The van der Waals surface area contributed by atoms with Crippen molar-refractivity contribution in [1.82, 2.24) is 0 Å². The quantitative estimate of drug-likeness (QED) is 0.875. The molecule has 2 nitrogen and oxygen atoms in total. The van der Waals surface area contributed by atoms with E-state index >= 15 is 0 Å². The molecule has 3 heteroatoms. The first-order valence-corrected chi connectivity index (χ1v) is 7.28. The van der Waals surface area contributed by atoms with Gasteiger partial charge in [-0.05, 0) is 55.1 Å². The van der Waals surface area contributed by atoms with Crippen LogP contribution in [0.4, 0.5) is 4.39 Å². The van der Waals surface area contributed by atoms with Gasteiger partial charge in [0.25, 0.3) is 0 Å². The molecule has 0 heterocycles. The molecular weight excluding hydrogens is 265 g/mol. The van der Waals surface area contributed by atoms with Crippen molar-refractivity contribution in [3.05, 3.63) is 58.9 Å². The van der Waals surface area contributed by atoms with Gasteiger partial charge in [-0.3, -0.25) is 0 Å². The van der Waals surface area contributed by atoms with Crippen LogP contribution in [0.15, 0.2) is 36.4 Å². The van der Waals surface area contributed by atoms with Gasteiger partial charge < -0.3 is 10.5 Å². The van der Waals surface area contributed by atoms with Crippen LogP contribution in [-0.2, 0) is 6.42 Å². The smallest absolute Gasteiger partial charge is 0.133 e. The number of nitrogens with two attached hydrogens (primary N) is 1. The molecule has 0 aliphatic rings. The average molecular weight is 287 g/mol. The predicted octanol–water partition coefficient (Wildman–Crippen LogP) is 4.55. The number of benzene rings is 2. The molecule has 0 radical (unpaired) electrons. The van der Waals surface area contributed by atoms with Crippen LogP contribution in [0.3, 0.4) is 0 Å². The Bertz CT molecular complexity index is 623. The molecule has 0 bridgehead atoms. The zero-order valence-corrected chi connectivity index (χ0v) is 12.8. The summed E-state index contributed by atoms with van der Waals surface area (Å²) in [6.07, 6.45) is 0.463. The van der Waals surface area contributed by atoms with Crippen molar-refractivity contribution in [1.29, 1.82) is 0 Å². The van der Waals surface area contributed by atoms with Crippen LogP contribution in [0.25, 0.3) is 0 Å². The third-order valence-electron chi connectivity index (χ3n) is 3.48. The lowest BCUT2D eigenvalue weighted by molar-refractivity contribution is 0.458. The highest BCUT2D eigenvalue weighted by Crippen LogP contribution is 2.33. The van der Waals surface area contributed by atoms with Gasteiger partial charge in [0.2, 0.25) is 0 Å². The molecule has 2 aromatic rings. The minimum absolute atomic E-state index is 0.267. The van der Waals surface area contributed by atoms with E-state index in [2.05, 4.69) is 26.0 Å². The fourth-order valence-electron chi connectivity index (χ4n) is 2.35. The second-order valence-electron chi connectivity index (χ2n) is 5.55. The van der Waals surface area contributed by atoms with Gasteiger partial charge in [-0.25, -0.2) is 4.39 Å². The van der Waals surface area contributed by atoms with E-state index in [0.717, 1.165) is 16.9 Å². The Kier molecular flexibility index (Phi) is 4.97. The summed E-state index contributed by atoms with van der Waals surface area (Å²) < 4.78 is 20.0. The molecule has 0 saturated carbocycles. The molecule has 0 unspecified atom stereocenters. The van der Waals surface area contributed by atoms with E-state index in [-0.39, 0.29) is 5.82 Å². The van der Waals surface area contributed by atoms with E-state index in [1.807, 2.05) is 13.0 Å². The van der Waals surface area contributed by atoms with Gasteiger partial charge in [-0.2, -0.15) is 0 Å². The van der Waals surface area contributed by atoms with Crippen molar-refractivity contribution in [2.45, 2.75) is 33.1 Å². The van der Waals surface area contributed by atoms with Crippen molar-refractivity contribution in [2.75, 3.05) is 6.54 Å². The van der Waals surface area contributed by atoms with Crippen LogP contribution < -0.4 is 10.5 Å². The molecule has 0 spiro atoms. The van der Waals surface area contributed by atoms with E-state index in [4.69, 9.17) is 10.5 Å². The Labute approximate surface area is 125 Å². The zero-order chi connectivity index (χ0) is 15.4. The van der Waals surface area contributed by atoms with Gasteiger partial charge in [0.15, 0.2) is 0 Å². The number of aryl methyl sites for hydroxylation is 1. The molecule has 0 aliphatic heterocycles. The van der Waals surface area contributed by atoms with Gasteiger partial charge in [0.1, 0.15) is 17.3 Å². The molecule has 0 aliphatic carbocycles. The van der Waals surface area contributed by atoms with Crippen LogP contribution in [0.2, 0.25) is 0 Å². The highest BCUT2D eigenvalue weighted by Gasteiger charge is 2.13. The van der Waals surface area contributed by atoms with Gasteiger partial charge >= 0.3 is 0 Å². The van der Waals surface area contributed by atoms with Crippen molar-refractivity contribution in [3.8, 4) is 11.5 Å².